The fourth-order valence-electron chi connectivity index (χ4n) is 2.11. The second-order valence-corrected chi connectivity index (χ2v) is 6.84. The molecule has 2 aromatic rings. The SMILES string of the molecule is CCOC(=O)Nc1ccc(S(=O)(=O)N[C@@H](C)c2ccccc2)cc1. The average molecular weight is 348 g/mol. The maximum Gasteiger partial charge on any atom is 0.411 e. The van der Waals surface area contributed by atoms with Gasteiger partial charge in [0.2, 0.25) is 10.0 Å². The van der Waals surface area contributed by atoms with Gasteiger partial charge < -0.3 is 4.74 Å². The Hall–Kier alpha value is -2.38. The first-order chi connectivity index (χ1) is 11.4. The molecular weight excluding hydrogens is 328 g/mol. The van der Waals surface area contributed by atoms with Gasteiger partial charge in [-0.05, 0) is 43.7 Å². The Morgan fingerprint density at radius 2 is 1.71 bits per heavy atom. The Bertz CT molecular complexity index is 774. The lowest BCUT2D eigenvalue weighted by Gasteiger charge is -2.15. The predicted molar refractivity (Wildman–Crippen MR) is 92.3 cm³/mol. The van der Waals surface area contributed by atoms with Crippen LogP contribution in [0.1, 0.15) is 25.5 Å². The summed E-state index contributed by atoms with van der Waals surface area (Å²) in [6, 6.07) is 14.8. The third-order valence-corrected chi connectivity index (χ3v) is 4.87. The number of benzene rings is 2. The molecule has 6 nitrogen and oxygen atoms in total. The Morgan fingerprint density at radius 1 is 1.08 bits per heavy atom. The van der Waals surface area contributed by atoms with Crippen LogP contribution in [-0.4, -0.2) is 21.1 Å². The highest BCUT2D eigenvalue weighted by Crippen LogP contribution is 2.18. The van der Waals surface area contributed by atoms with Gasteiger partial charge in [-0.2, -0.15) is 0 Å². The van der Waals surface area contributed by atoms with E-state index < -0.39 is 16.1 Å². The summed E-state index contributed by atoms with van der Waals surface area (Å²) < 4.78 is 32.3. The van der Waals surface area contributed by atoms with Gasteiger partial charge in [-0.3, -0.25) is 5.32 Å². The minimum Gasteiger partial charge on any atom is -0.450 e. The molecule has 1 atom stereocenters. The van der Waals surface area contributed by atoms with Crippen molar-refractivity contribution in [2.45, 2.75) is 24.8 Å². The van der Waals surface area contributed by atoms with E-state index in [4.69, 9.17) is 4.74 Å². The highest BCUT2D eigenvalue weighted by Gasteiger charge is 2.18. The third-order valence-electron chi connectivity index (χ3n) is 3.32. The number of amides is 1. The second-order valence-electron chi connectivity index (χ2n) is 5.12. The van der Waals surface area contributed by atoms with Crippen molar-refractivity contribution >= 4 is 21.8 Å². The molecule has 2 rings (SSSR count). The zero-order chi connectivity index (χ0) is 17.6. The fraction of sp³-hybridized carbons (Fsp3) is 0.235. The van der Waals surface area contributed by atoms with E-state index in [0.717, 1.165) is 5.56 Å². The van der Waals surface area contributed by atoms with Crippen LogP contribution in [0.25, 0.3) is 0 Å². The number of sulfonamides is 1. The molecule has 0 aromatic heterocycles. The highest BCUT2D eigenvalue weighted by atomic mass is 32.2. The van der Waals surface area contributed by atoms with Crippen LogP contribution in [0, 0.1) is 0 Å². The van der Waals surface area contributed by atoms with Gasteiger partial charge in [-0.1, -0.05) is 30.3 Å². The number of ether oxygens (including phenoxy) is 1. The average Bonchev–Trinajstić information content (AvgIpc) is 2.56. The minimum atomic E-state index is -3.66. The van der Waals surface area contributed by atoms with Crippen molar-refractivity contribution in [2.75, 3.05) is 11.9 Å². The molecule has 0 saturated carbocycles. The van der Waals surface area contributed by atoms with Crippen LogP contribution >= 0.6 is 0 Å². The van der Waals surface area contributed by atoms with Gasteiger partial charge >= 0.3 is 6.09 Å². The van der Waals surface area contributed by atoms with Crippen molar-refractivity contribution in [1.29, 1.82) is 0 Å². The first-order valence-electron chi connectivity index (χ1n) is 7.53. The van der Waals surface area contributed by atoms with E-state index >= 15 is 0 Å². The Labute approximate surface area is 141 Å². The predicted octanol–water partition coefficient (Wildman–Crippen LogP) is 3.29. The van der Waals surface area contributed by atoms with Crippen molar-refractivity contribution in [3.8, 4) is 0 Å². The zero-order valence-corrected chi connectivity index (χ0v) is 14.3. The van der Waals surface area contributed by atoms with E-state index in [-0.39, 0.29) is 17.5 Å². The van der Waals surface area contributed by atoms with Crippen molar-refractivity contribution < 1.29 is 17.9 Å². The van der Waals surface area contributed by atoms with Gasteiger partial charge in [0.05, 0.1) is 11.5 Å². The molecular formula is C17H20N2O4S. The largest absolute Gasteiger partial charge is 0.450 e. The number of nitrogens with one attached hydrogen (secondary N) is 2. The van der Waals surface area contributed by atoms with Crippen LogP contribution in [0.5, 0.6) is 0 Å². The molecule has 0 saturated heterocycles. The summed E-state index contributed by atoms with van der Waals surface area (Å²) in [6.45, 7) is 3.75. The van der Waals surface area contributed by atoms with Gasteiger partial charge in [0, 0.05) is 11.7 Å². The first kappa shape index (κ1) is 18.0. The molecule has 0 radical (unpaired) electrons. The number of carbonyl (C=O) groups is 1. The number of carbonyl (C=O) groups excluding carboxylic acids is 1. The Kier molecular flexibility index (Phi) is 5.94. The lowest BCUT2D eigenvalue weighted by Crippen LogP contribution is -2.26. The van der Waals surface area contributed by atoms with Gasteiger partial charge in [0.15, 0.2) is 0 Å². The lowest BCUT2D eigenvalue weighted by atomic mass is 10.1. The molecule has 0 bridgehead atoms. The van der Waals surface area contributed by atoms with Gasteiger partial charge in [0.25, 0.3) is 0 Å². The van der Waals surface area contributed by atoms with Gasteiger partial charge in [-0.25, -0.2) is 17.9 Å². The summed E-state index contributed by atoms with van der Waals surface area (Å²) in [5.41, 5.74) is 1.34. The number of hydrogen-bond donors (Lipinski definition) is 2. The van der Waals surface area contributed by atoms with Crippen molar-refractivity contribution in [3.63, 3.8) is 0 Å². The molecule has 0 fully saturated rings. The standard InChI is InChI=1S/C17H20N2O4S/c1-3-23-17(20)18-15-9-11-16(12-10-15)24(21,22)19-13(2)14-7-5-4-6-8-14/h4-13,19H,3H2,1-2H3,(H,18,20)/t13-/m0/s1. The summed E-state index contributed by atoms with van der Waals surface area (Å²) in [5.74, 6) is 0. The molecule has 0 heterocycles. The highest BCUT2D eigenvalue weighted by molar-refractivity contribution is 7.89. The molecule has 0 unspecified atom stereocenters. The fourth-order valence-corrected chi connectivity index (χ4v) is 3.34. The van der Waals surface area contributed by atoms with E-state index in [9.17, 15) is 13.2 Å². The summed E-state index contributed by atoms with van der Waals surface area (Å²) in [4.78, 5) is 11.5. The molecule has 0 aliphatic carbocycles. The van der Waals surface area contributed by atoms with Gasteiger partial charge in [-0.15, -0.1) is 0 Å². The molecule has 0 spiro atoms. The number of anilines is 1. The number of rotatable bonds is 6. The van der Waals surface area contributed by atoms with E-state index in [1.54, 1.807) is 13.8 Å². The third kappa shape index (κ3) is 4.81. The van der Waals surface area contributed by atoms with Crippen LogP contribution in [0.15, 0.2) is 59.5 Å². The topological polar surface area (TPSA) is 84.5 Å². The molecule has 128 valence electrons. The molecule has 2 N–H and O–H groups in total. The van der Waals surface area contributed by atoms with Crippen LogP contribution in [-0.2, 0) is 14.8 Å². The molecule has 24 heavy (non-hydrogen) atoms. The summed E-state index contributed by atoms with van der Waals surface area (Å²) in [6.07, 6.45) is -0.580. The van der Waals surface area contributed by atoms with Crippen LogP contribution < -0.4 is 10.0 Å². The monoisotopic (exact) mass is 348 g/mol. The summed E-state index contributed by atoms with van der Waals surface area (Å²) in [5, 5.41) is 2.51. The maximum atomic E-state index is 12.4. The van der Waals surface area contributed by atoms with E-state index in [1.807, 2.05) is 30.3 Å². The molecule has 1 amide bonds. The molecule has 2 aromatic carbocycles. The van der Waals surface area contributed by atoms with Crippen LogP contribution in [0.2, 0.25) is 0 Å². The normalized spacial score (nSPS) is 12.4. The number of hydrogen-bond acceptors (Lipinski definition) is 4. The van der Waals surface area contributed by atoms with E-state index in [2.05, 4.69) is 10.0 Å². The van der Waals surface area contributed by atoms with Crippen molar-refractivity contribution in [1.82, 2.24) is 4.72 Å². The minimum absolute atomic E-state index is 0.125. The molecule has 0 aliphatic rings. The first-order valence-corrected chi connectivity index (χ1v) is 9.02. The zero-order valence-electron chi connectivity index (χ0n) is 13.5. The summed E-state index contributed by atoms with van der Waals surface area (Å²) in [7, 11) is -3.66. The van der Waals surface area contributed by atoms with Crippen molar-refractivity contribution in [2.24, 2.45) is 0 Å². The van der Waals surface area contributed by atoms with Gasteiger partial charge in [0.1, 0.15) is 0 Å². The van der Waals surface area contributed by atoms with Crippen molar-refractivity contribution in [3.05, 3.63) is 60.2 Å². The Balaban J connectivity index is 2.08. The second kappa shape index (κ2) is 7.94. The molecule has 7 heteroatoms. The maximum absolute atomic E-state index is 12.4. The van der Waals surface area contributed by atoms with E-state index in [1.165, 1.54) is 24.3 Å². The quantitative estimate of drug-likeness (QED) is 0.839. The van der Waals surface area contributed by atoms with E-state index in [0.29, 0.717) is 5.69 Å². The van der Waals surface area contributed by atoms with Crippen LogP contribution in [0.4, 0.5) is 10.5 Å². The lowest BCUT2D eigenvalue weighted by molar-refractivity contribution is 0.168. The summed E-state index contributed by atoms with van der Waals surface area (Å²) >= 11 is 0. The Morgan fingerprint density at radius 3 is 2.29 bits per heavy atom. The van der Waals surface area contributed by atoms with Crippen LogP contribution in [0.3, 0.4) is 0 Å². The smallest absolute Gasteiger partial charge is 0.411 e. The molecule has 0 aliphatic heterocycles.